The van der Waals surface area contributed by atoms with Gasteiger partial charge in [-0.3, -0.25) is 0 Å². The summed E-state index contributed by atoms with van der Waals surface area (Å²) in [7, 11) is 0. The van der Waals surface area contributed by atoms with Gasteiger partial charge in [0, 0.05) is 24.1 Å². The molecular formula is C14H17N3OS. The third-order valence-corrected chi connectivity index (χ3v) is 3.28. The number of nitrogens with zero attached hydrogens (tertiary/aromatic N) is 2. The first-order valence-corrected chi connectivity index (χ1v) is 7.30. The Kier molecular flexibility index (Phi) is 4.76. The first kappa shape index (κ1) is 13.8. The predicted octanol–water partition coefficient (Wildman–Crippen LogP) is 2.79. The van der Waals surface area contributed by atoms with E-state index in [0.29, 0.717) is 6.42 Å². The summed E-state index contributed by atoms with van der Waals surface area (Å²) in [6.45, 7) is 2.14. The van der Waals surface area contributed by atoms with E-state index in [-0.39, 0.29) is 6.61 Å². The van der Waals surface area contributed by atoms with Crippen molar-refractivity contribution in [3.63, 3.8) is 0 Å². The molecule has 0 aliphatic rings. The van der Waals surface area contributed by atoms with Crippen molar-refractivity contribution >= 4 is 23.3 Å². The van der Waals surface area contributed by atoms with E-state index in [1.165, 1.54) is 11.8 Å². The lowest BCUT2D eigenvalue weighted by molar-refractivity contribution is 0.299. The van der Waals surface area contributed by atoms with Crippen LogP contribution in [-0.2, 0) is 6.42 Å². The molecule has 0 unspecified atom stereocenters. The van der Waals surface area contributed by atoms with Crippen molar-refractivity contribution in [2.24, 2.45) is 0 Å². The minimum absolute atomic E-state index is 0.159. The fourth-order valence-electron chi connectivity index (χ4n) is 1.72. The molecule has 0 atom stereocenters. The topological polar surface area (TPSA) is 58.0 Å². The average Bonchev–Trinajstić information content (AvgIpc) is 2.42. The minimum Gasteiger partial charge on any atom is -0.396 e. The van der Waals surface area contributed by atoms with Crippen LogP contribution in [-0.4, -0.2) is 27.9 Å². The predicted molar refractivity (Wildman–Crippen MR) is 79.1 cm³/mol. The van der Waals surface area contributed by atoms with Crippen LogP contribution in [0.1, 0.15) is 11.1 Å². The number of hydrogen-bond acceptors (Lipinski definition) is 5. The molecule has 0 bridgehead atoms. The van der Waals surface area contributed by atoms with Gasteiger partial charge < -0.3 is 10.4 Å². The fourth-order valence-corrected chi connectivity index (χ4v) is 2.06. The van der Waals surface area contributed by atoms with Crippen molar-refractivity contribution in [2.75, 3.05) is 18.2 Å². The van der Waals surface area contributed by atoms with Crippen molar-refractivity contribution in [2.45, 2.75) is 18.5 Å². The molecule has 2 rings (SSSR count). The van der Waals surface area contributed by atoms with Crippen molar-refractivity contribution < 1.29 is 5.11 Å². The van der Waals surface area contributed by atoms with E-state index in [1.54, 1.807) is 0 Å². The van der Waals surface area contributed by atoms with Gasteiger partial charge in [0.2, 0.25) is 0 Å². The average molecular weight is 275 g/mol. The summed E-state index contributed by atoms with van der Waals surface area (Å²) in [5, 5.41) is 13.0. The van der Waals surface area contributed by atoms with Gasteiger partial charge in [0.1, 0.15) is 5.82 Å². The van der Waals surface area contributed by atoms with Gasteiger partial charge >= 0.3 is 0 Å². The van der Waals surface area contributed by atoms with Crippen LogP contribution in [0.25, 0.3) is 0 Å². The Balaban J connectivity index is 2.22. The van der Waals surface area contributed by atoms with Crippen molar-refractivity contribution in [3.05, 3.63) is 41.6 Å². The van der Waals surface area contributed by atoms with E-state index in [4.69, 9.17) is 5.11 Å². The second kappa shape index (κ2) is 6.54. The van der Waals surface area contributed by atoms with Crippen LogP contribution < -0.4 is 5.32 Å². The van der Waals surface area contributed by atoms with Gasteiger partial charge in [0.15, 0.2) is 5.16 Å². The van der Waals surface area contributed by atoms with Crippen LogP contribution in [0.15, 0.2) is 35.6 Å². The molecule has 2 N–H and O–H groups in total. The lowest BCUT2D eigenvalue weighted by Crippen LogP contribution is -2.00. The Morgan fingerprint density at radius 3 is 2.95 bits per heavy atom. The van der Waals surface area contributed by atoms with Crippen LogP contribution >= 0.6 is 11.8 Å². The van der Waals surface area contributed by atoms with Gasteiger partial charge in [-0.25, -0.2) is 9.97 Å². The van der Waals surface area contributed by atoms with Gasteiger partial charge in [-0.1, -0.05) is 23.9 Å². The molecule has 19 heavy (non-hydrogen) atoms. The molecular weight excluding hydrogens is 258 g/mol. The Morgan fingerprint density at radius 1 is 1.37 bits per heavy atom. The third-order valence-electron chi connectivity index (χ3n) is 2.72. The summed E-state index contributed by atoms with van der Waals surface area (Å²) in [5.41, 5.74) is 3.08. The summed E-state index contributed by atoms with van der Waals surface area (Å²) >= 11 is 1.52. The molecule has 0 amide bonds. The Bertz CT molecular complexity index is 560. The van der Waals surface area contributed by atoms with E-state index < -0.39 is 0 Å². The van der Waals surface area contributed by atoms with Crippen molar-refractivity contribution in [3.8, 4) is 0 Å². The molecule has 1 aromatic carbocycles. The maximum Gasteiger partial charge on any atom is 0.189 e. The zero-order chi connectivity index (χ0) is 13.7. The number of rotatable bonds is 5. The zero-order valence-electron chi connectivity index (χ0n) is 11.1. The summed E-state index contributed by atoms with van der Waals surface area (Å²) in [4.78, 5) is 8.68. The quantitative estimate of drug-likeness (QED) is 0.649. The van der Waals surface area contributed by atoms with Gasteiger partial charge in [-0.2, -0.15) is 0 Å². The Morgan fingerprint density at radius 2 is 2.21 bits per heavy atom. The number of nitrogens with one attached hydrogen (secondary N) is 1. The summed E-state index contributed by atoms with van der Waals surface area (Å²) in [6, 6.07) is 7.98. The molecule has 0 aliphatic carbocycles. The van der Waals surface area contributed by atoms with E-state index in [9.17, 15) is 0 Å². The maximum atomic E-state index is 8.97. The fraction of sp³-hybridized carbons (Fsp3) is 0.286. The number of aliphatic hydroxyl groups is 1. The number of anilines is 2. The minimum atomic E-state index is 0.159. The van der Waals surface area contributed by atoms with E-state index in [0.717, 1.165) is 27.8 Å². The molecule has 0 fully saturated rings. The van der Waals surface area contributed by atoms with Gasteiger partial charge in [0.25, 0.3) is 0 Å². The molecule has 2 aromatic rings. The first-order chi connectivity index (χ1) is 9.22. The van der Waals surface area contributed by atoms with Gasteiger partial charge in [-0.05, 0) is 37.3 Å². The molecule has 4 nitrogen and oxygen atoms in total. The molecule has 100 valence electrons. The number of aromatic nitrogens is 2. The number of hydrogen-bond donors (Lipinski definition) is 2. The van der Waals surface area contributed by atoms with Crippen LogP contribution in [0.3, 0.4) is 0 Å². The van der Waals surface area contributed by atoms with Crippen LogP contribution in [0.4, 0.5) is 11.5 Å². The molecule has 1 heterocycles. The number of thioether (sulfide) groups is 1. The van der Waals surface area contributed by atoms with Crippen molar-refractivity contribution in [1.29, 1.82) is 0 Å². The second-order valence-electron chi connectivity index (χ2n) is 4.19. The monoisotopic (exact) mass is 275 g/mol. The highest BCUT2D eigenvalue weighted by Gasteiger charge is 2.04. The zero-order valence-corrected chi connectivity index (χ0v) is 11.9. The van der Waals surface area contributed by atoms with E-state index in [1.807, 2.05) is 43.6 Å². The summed E-state index contributed by atoms with van der Waals surface area (Å²) in [6.07, 6.45) is 4.43. The van der Waals surface area contributed by atoms with Crippen LogP contribution in [0.2, 0.25) is 0 Å². The Labute approximate surface area is 117 Å². The van der Waals surface area contributed by atoms with E-state index >= 15 is 0 Å². The van der Waals surface area contributed by atoms with Crippen LogP contribution in [0.5, 0.6) is 0 Å². The second-order valence-corrected chi connectivity index (χ2v) is 4.96. The number of benzene rings is 1. The highest BCUT2D eigenvalue weighted by Crippen LogP contribution is 2.21. The molecule has 0 radical (unpaired) electrons. The first-order valence-electron chi connectivity index (χ1n) is 6.07. The smallest absolute Gasteiger partial charge is 0.189 e. The summed E-state index contributed by atoms with van der Waals surface area (Å²) in [5.74, 6) is 0.820. The molecule has 0 spiro atoms. The highest BCUT2D eigenvalue weighted by atomic mass is 32.2. The highest BCUT2D eigenvalue weighted by molar-refractivity contribution is 7.98. The normalized spacial score (nSPS) is 10.5. The van der Waals surface area contributed by atoms with Crippen molar-refractivity contribution in [1.82, 2.24) is 9.97 Å². The standard InChI is InChI=1S/C14H17N3OS/c1-10-9-15-14(19-2)17-13(10)16-12-5-3-4-11(8-12)6-7-18/h3-5,8-9,18H,6-7H2,1-2H3,(H,15,16,17). The molecule has 0 aliphatic heterocycles. The molecule has 1 aromatic heterocycles. The molecule has 0 saturated heterocycles. The molecule has 0 saturated carbocycles. The molecule has 5 heteroatoms. The third kappa shape index (κ3) is 3.68. The number of aryl methyl sites for hydroxylation is 1. The largest absolute Gasteiger partial charge is 0.396 e. The summed E-state index contributed by atoms with van der Waals surface area (Å²) < 4.78 is 0. The lowest BCUT2D eigenvalue weighted by atomic mass is 10.1. The van der Waals surface area contributed by atoms with Crippen LogP contribution in [0, 0.1) is 6.92 Å². The lowest BCUT2D eigenvalue weighted by Gasteiger charge is -2.10. The SMILES string of the molecule is CSc1ncc(C)c(Nc2cccc(CCO)c2)n1. The van der Waals surface area contributed by atoms with Gasteiger partial charge in [0.05, 0.1) is 0 Å². The van der Waals surface area contributed by atoms with Gasteiger partial charge in [-0.15, -0.1) is 0 Å². The van der Waals surface area contributed by atoms with E-state index in [2.05, 4.69) is 15.3 Å². The Hall–Kier alpha value is -1.59. The number of aliphatic hydroxyl groups excluding tert-OH is 1. The maximum absolute atomic E-state index is 8.97.